The molecule has 0 bridgehead atoms. The van der Waals surface area contributed by atoms with Gasteiger partial charge in [0.2, 0.25) is 0 Å². The van der Waals surface area contributed by atoms with E-state index in [4.69, 9.17) is 28.9 Å². The summed E-state index contributed by atoms with van der Waals surface area (Å²) in [5, 5.41) is 1.57. The van der Waals surface area contributed by atoms with E-state index in [9.17, 15) is 0 Å². The van der Waals surface area contributed by atoms with Crippen LogP contribution < -0.4 is 5.73 Å². The third-order valence-electron chi connectivity index (χ3n) is 2.19. The minimum atomic E-state index is 0.351. The highest BCUT2D eigenvalue weighted by atomic mass is 35.5. The molecule has 0 saturated carbocycles. The van der Waals surface area contributed by atoms with Gasteiger partial charge in [-0.2, -0.15) is 0 Å². The van der Waals surface area contributed by atoms with Crippen LogP contribution >= 0.6 is 35.0 Å². The maximum atomic E-state index is 6.11. The summed E-state index contributed by atoms with van der Waals surface area (Å²) in [5.41, 5.74) is 7.38. The zero-order valence-electron chi connectivity index (χ0n) is 8.95. The number of hydrogen-bond acceptors (Lipinski definition) is 4. The molecule has 1 aromatic carbocycles. The van der Waals surface area contributed by atoms with Crippen molar-refractivity contribution in [2.45, 2.75) is 5.16 Å². The summed E-state index contributed by atoms with van der Waals surface area (Å²) in [7, 11) is 0. The van der Waals surface area contributed by atoms with Gasteiger partial charge < -0.3 is 5.73 Å². The van der Waals surface area contributed by atoms with E-state index in [1.165, 1.54) is 11.8 Å². The number of thioether (sulfide) groups is 1. The first-order chi connectivity index (χ1) is 8.11. The van der Waals surface area contributed by atoms with Gasteiger partial charge in [-0.1, -0.05) is 47.1 Å². The van der Waals surface area contributed by atoms with Crippen LogP contribution in [0.4, 0.5) is 5.82 Å². The van der Waals surface area contributed by atoms with E-state index in [0.717, 1.165) is 5.56 Å². The molecule has 0 fully saturated rings. The second-order valence-electron chi connectivity index (χ2n) is 3.27. The Morgan fingerprint density at radius 2 is 1.76 bits per heavy atom. The molecule has 0 saturated heterocycles. The van der Waals surface area contributed by atoms with Crippen molar-refractivity contribution >= 4 is 40.8 Å². The second-order valence-corrected chi connectivity index (χ2v) is 4.84. The lowest BCUT2D eigenvalue weighted by molar-refractivity contribution is 0.982. The number of nitrogen functional groups attached to an aromatic ring is 1. The monoisotopic (exact) mass is 285 g/mol. The molecule has 0 aliphatic rings. The Balaban J connectivity index is 2.55. The lowest BCUT2D eigenvalue weighted by Crippen LogP contribution is -1.99. The molecule has 2 rings (SSSR count). The Kier molecular flexibility index (Phi) is 3.76. The van der Waals surface area contributed by atoms with E-state index in [1.54, 1.807) is 12.1 Å². The van der Waals surface area contributed by atoms with Gasteiger partial charge in [0, 0.05) is 5.02 Å². The van der Waals surface area contributed by atoms with Crippen LogP contribution in [0.25, 0.3) is 11.1 Å². The van der Waals surface area contributed by atoms with E-state index in [0.29, 0.717) is 26.7 Å². The Hall–Kier alpha value is -0.970. The van der Waals surface area contributed by atoms with Crippen LogP contribution in [-0.2, 0) is 0 Å². The van der Waals surface area contributed by atoms with Gasteiger partial charge in [0.05, 0.1) is 5.56 Å². The van der Waals surface area contributed by atoms with Gasteiger partial charge in [0.1, 0.15) is 11.0 Å². The van der Waals surface area contributed by atoms with Crippen LogP contribution in [0.15, 0.2) is 29.4 Å². The molecule has 2 N–H and O–H groups in total. The van der Waals surface area contributed by atoms with Crippen molar-refractivity contribution in [3.05, 3.63) is 34.4 Å². The van der Waals surface area contributed by atoms with Gasteiger partial charge in [0.15, 0.2) is 5.16 Å². The number of halogens is 2. The predicted octanol–water partition coefficient (Wildman–Crippen LogP) is 3.75. The molecule has 88 valence electrons. The van der Waals surface area contributed by atoms with Crippen LogP contribution in [0.3, 0.4) is 0 Å². The number of rotatable bonds is 2. The second kappa shape index (κ2) is 5.12. The average Bonchev–Trinajstić information content (AvgIpc) is 2.30. The summed E-state index contributed by atoms with van der Waals surface area (Å²) in [5.74, 6) is 0.372. The highest BCUT2D eigenvalue weighted by molar-refractivity contribution is 7.98. The van der Waals surface area contributed by atoms with Crippen LogP contribution in [0.2, 0.25) is 10.2 Å². The molecular weight excluding hydrogens is 277 g/mol. The SMILES string of the molecule is CSc1nc(N)c(-c2ccc(Cl)cc2)c(Cl)n1. The quantitative estimate of drug-likeness (QED) is 0.519. The predicted molar refractivity (Wildman–Crippen MR) is 73.7 cm³/mol. The highest BCUT2D eigenvalue weighted by Gasteiger charge is 2.12. The summed E-state index contributed by atoms with van der Waals surface area (Å²) < 4.78 is 0. The molecular formula is C11H9Cl2N3S. The fraction of sp³-hybridized carbons (Fsp3) is 0.0909. The number of benzene rings is 1. The molecule has 0 radical (unpaired) electrons. The molecule has 6 heteroatoms. The van der Waals surface area contributed by atoms with E-state index in [2.05, 4.69) is 9.97 Å². The Bertz CT molecular complexity index is 520. The number of nitrogens with two attached hydrogens (primary N) is 1. The van der Waals surface area contributed by atoms with Crippen molar-refractivity contribution in [2.24, 2.45) is 0 Å². The van der Waals surface area contributed by atoms with Crippen molar-refractivity contribution in [3.8, 4) is 11.1 Å². The van der Waals surface area contributed by atoms with Crippen molar-refractivity contribution in [2.75, 3.05) is 12.0 Å². The van der Waals surface area contributed by atoms with Crippen LogP contribution in [0.1, 0.15) is 0 Å². The molecule has 0 aliphatic heterocycles. The molecule has 0 atom stereocenters. The van der Waals surface area contributed by atoms with Crippen molar-refractivity contribution < 1.29 is 0 Å². The van der Waals surface area contributed by atoms with Gasteiger partial charge in [-0.25, -0.2) is 9.97 Å². The third kappa shape index (κ3) is 2.65. The van der Waals surface area contributed by atoms with E-state index in [1.807, 2.05) is 18.4 Å². The zero-order chi connectivity index (χ0) is 12.4. The summed E-state index contributed by atoms with van der Waals surface area (Å²) >= 11 is 13.3. The highest BCUT2D eigenvalue weighted by Crippen LogP contribution is 2.32. The van der Waals surface area contributed by atoms with E-state index < -0.39 is 0 Å². The molecule has 1 aromatic heterocycles. The third-order valence-corrected chi connectivity index (χ3v) is 3.26. The standard InChI is InChI=1S/C11H9Cl2N3S/c1-17-11-15-9(13)8(10(14)16-11)6-2-4-7(12)5-3-6/h2-5H,1H3,(H2,14,15,16). The maximum Gasteiger partial charge on any atom is 0.190 e. The Morgan fingerprint density at radius 1 is 1.12 bits per heavy atom. The Labute approximate surface area is 113 Å². The largest absolute Gasteiger partial charge is 0.383 e. The minimum absolute atomic E-state index is 0.351. The van der Waals surface area contributed by atoms with Crippen LogP contribution in [-0.4, -0.2) is 16.2 Å². The van der Waals surface area contributed by atoms with Gasteiger partial charge >= 0.3 is 0 Å². The summed E-state index contributed by atoms with van der Waals surface area (Å²) in [6.07, 6.45) is 1.87. The molecule has 1 heterocycles. The van der Waals surface area contributed by atoms with Crippen LogP contribution in [0.5, 0.6) is 0 Å². The van der Waals surface area contributed by atoms with Crippen molar-refractivity contribution in [1.29, 1.82) is 0 Å². The zero-order valence-corrected chi connectivity index (χ0v) is 11.3. The first-order valence-corrected chi connectivity index (χ1v) is 6.73. The summed E-state index contributed by atoms with van der Waals surface area (Å²) in [6, 6.07) is 7.22. The fourth-order valence-electron chi connectivity index (χ4n) is 1.40. The van der Waals surface area contributed by atoms with Gasteiger partial charge in [-0.05, 0) is 24.0 Å². The molecule has 0 amide bonds. The number of aromatic nitrogens is 2. The number of hydrogen-bond donors (Lipinski definition) is 1. The van der Waals surface area contributed by atoms with Crippen LogP contribution in [0, 0.1) is 0 Å². The van der Waals surface area contributed by atoms with Gasteiger partial charge in [-0.3, -0.25) is 0 Å². The van der Waals surface area contributed by atoms with E-state index >= 15 is 0 Å². The first kappa shape index (κ1) is 12.5. The molecule has 0 unspecified atom stereocenters. The molecule has 3 nitrogen and oxygen atoms in total. The molecule has 17 heavy (non-hydrogen) atoms. The normalized spacial score (nSPS) is 10.5. The lowest BCUT2D eigenvalue weighted by atomic mass is 10.1. The first-order valence-electron chi connectivity index (χ1n) is 4.74. The molecule has 0 spiro atoms. The minimum Gasteiger partial charge on any atom is -0.383 e. The average molecular weight is 286 g/mol. The molecule has 0 aliphatic carbocycles. The Morgan fingerprint density at radius 3 is 2.29 bits per heavy atom. The van der Waals surface area contributed by atoms with E-state index in [-0.39, 0.29) is 0 Å². The summed E-state index contributed by atoms with van der Waals surface area (Å²) in [6.45, 7) is 0. The molecule has 2 aromatic rings. The topological polar surface area (TPSA) is 51.8 Å². The van der Waals surface area contributed by atoms with Gasteiger partial charge in [0.25, 0.3) is 0 Å². The number of nitrogens with zero attached hydrogens (tertiary/aromatic N) is 2. The number of anilines is 1. The van der Waals surface area contributed by atoms with Gasteiger partial charge in [-0.15, -0.1) is 0 Å². The lowest BCUT2D eigenvalue weighted by Gasteiger charge is -2.08. The van der Waals surface area contributed by atoms with Crippen molar-refractivity contribution in [3.63, 3.8) is 0 Å². The smallest absolute Gasteiger partial charge is 0.190 e. The maximum absolute atomic E-state index is 6.11. The summed E-state index contributed by atoms with van der Waals surface area (Å²) in [4.78, 5) is 8.32. The van der Waals surface area contributed by atoms with Crippen molar-refractivity contribution in [1.82, 2.24) is 9.97 Å². The fourth-order valence-corrected chi connectivity index (χ4v) is 2.24.